The molecule has 0 fully saturated rings. The average molecular weight is 272 g/mol. The minimum absolute atomic E-state index is 0.625. The Balaban J connectivity index is 2.23. The van der Waals surface area contributed by atoms with Gasteiger partial charge < -0.3 is 10.4 Å². The smallest absolute Gasteiger partial charge is 0.0715 e. The van der Waals surface area contributed by atoms with Crippen LogP contribution in [0, 0.1) is 0 Å². The summed E-state index contributed by atoms with van der Waals surface area (Å²) in [6.07, 6.45) is 0.989. The van der Waals surface area contributed by atoms with E-state index in [0.29, 0.717) is 6.54 Å². The first-order valence-electron chi connectivity index (χ1n) is 5.15. The van der Waals surface area contributed by atoms with Crippen LogP contribution in [-0.4, -0.2) is 23.8 Å². The zero-order valence-electron chi connectivity index (χ0n) is 9.26. The lowest BCUT2D eigenvalue weighted by atomic mass is 10.1. The molecule has 0 radical (unpaired) electrons. The summed E-state index contributed by atoms with van der Waals surface area (Å²) in [5, 5.41) is 12.7. The fourth-order valence-electron chi connectivity index (χ4n) is 1.28. The zero-order chi connectivity index (χ0) is 11.3. The van der Waals surface area contributed by atoms with E-state index in [-0.39, 0.29) is 0 Å². The van der Waals surface area contributed by atoms with Crippen molar-refractivity contribution in [2.24, 2.45) is 0 Å². The summed E-state index contributed by atoms with van der Waals surface area (Å²) in [6.45, 7) is 5.13. The number of benzene rings is 1. The van der Waals surface area contributed by atoms with Gasteiger partial charge in [0, 0.05) is 11.0 Å². The van der Waals surface area contributed by atoms with E-state index in [1.54, 1.807) is 13.8 Å². The minimum Gasteiger partial charge on any atom is -0.389 e. The number of halogens is 1. The minimum atomic E-state index is -0.625. The molecule has 0 aliphatic heterocycles. The molecule has 1 aromatic rings. The fraction of sp³-hybridized carbons (Fsp3) is 0.500. The third-order valence-corrected chi connectivity index (χ3v) is 2.59. The highest BCUT2D eigenvalue weighted by atomic mass is 79.9. The largest absolute Gasteiger partial charge is 0.389 e. The van der Waals surface area contributed by atoms with Gasteiger partial charge in [0.15, 0.2) is 0 Å². The number of rotatable bonds is 5. The van der Waals surface area contributed by atoms with Crippen molar-refractivity contribution in [3.63, 3.8) is 0 Å². The predicted molar refractivity (Wildman–Crippen MR) is 67.0 cm³/mol. The third kappa shape index (κ3) is 5.92. The van der Waals surface area contributed by atoms with Crippen LogP contribution in [0.25, 0.3) is 0 Å². The summed E-state index contributed by atoms with van der Waals surface area (Å²) in [5.41, 5.74) is 0.682. The number of hydrogen-bond donors (Lipinski definition) is 2. The van der Waals surface area contributed by atoms with Crippen LogP contribution >= 0.6 is 15.9 Å². The Hall–Kier alpha value is -0.380. The number of hydrogen-bond acceptors (Lipinski definition) is 2. The van der Waals surface area contributed by atoms with Gasteiger partial charge in [0.25, 0.3) is 0 Å². The van der Waals surface area contributed by atoms with Gasteiger partial charge >= 0.3 is 0 Å². The summed E-state index contributed by atoms with van der Waals surface area (Å²) >= 11 is 3.40. The standard InChI is InChI=1S/C12H18BrNO/c1-12(2,15)9-14-8-7-10-3-5-11(13)6-4-10/h3-6,14-15H,7-9H2,1-2H3. The lowest BCUT2D eigenvalue weighted by Crippen LogP contribution is -2.35. The van der Waals surface area contributed by atoms with Gasteiger partial charge in [-0.15, -0.1) is 0 Å². The summed E-state index contributed by atoms with van der Waals surface area (Å²) in [5.74, 6) is 0. The van der Waals surface area contributed by atoms with Crippen LogP contribution in [0.4, 0.5) is 0 Å². The molecule has 2 nitrogen and oxygen atoms in total. The average Bonchev–Trinajstić information content (AvgIpc) is 2.14. The van der Waals surface area contributed by atoms with E-state index in [2.05, 4.69) is 33.4 Å². The normalized spacial score (nSPS) is 11.7. The predicted octanol–water partition coefficient (Wildman–Crippen LogP) is 2.35. The van der Waals surface area contributed by atoms with Crippen molar-refractivity contribution in [1.82, 2.24) is 5.32 Å². The molecular weight excluding hydrogens is 254 g/mol. The molecular formula is C12H18BrNO. The van der Waals surface area contributed by atoms with E-state index in [9.17, 15) is 5.11 Å². The third-order valence-electron chi connectivity index (χ3n) is 2.06. The highest BCUT2D eigenvalue weighted by Gasteiger charge is 2.10. The molecule has 0 aromatic heterocycles. The maximum atomic E-state index is 9.48. The molecule has 1 rings (SSSR count). The van der Waals surface area contributed by atoms with E-state index in [0.717, 1.165) is 17.4 Å². The van der Waals surface area contributed by atoms with Gasteiger partial charge in [-0.05, 0) is 44.5 Å². The number of aliphatic hydroxyl groups is 1. The van der Waals surface area contributed by atoms with Gasteiger partial charge in [0.2, 0.25) is 0 Å². The fourth-order valence-corrected chi connectivity index (χ4v) is 1.54. The van der Waals surface area contributed by atoms with Crippen molar-refractivity contribution in [3.8, 4) is 0 Å². The Kier molecular flexibility index (Phi) is 4.77. The van der Waals surface area contributed by atoms with Crippen LogP contribution in [0.5, 0.6) is 0 Å². The van der Waals surface area contributed by atoms with Crippen LogP contribution in [-0.2, 0) is 6.42 Å². The molecule has 0 saturated carbocycles. The van der Waals surface area contributed by atoms with Gasteiger partial charge in [-0.25, -0.2) is 0 Å². The molecule has 0 atom stereocenters. The van der Waals surface area contributed by atoms with Gasteiger partial charge in [0.05, 0.1) is 5.60 Å². The lowest BCUT2D eigenvalue weighted by molar-refractivity contribution is 0.0801. The molecule has 0 unspecified atom stereocenters. The van der Waals surface area contributed by atoms with E-state index >= 15 is 0 Å². The topological polar surface area (TPSA) is 32.3 Å². The molecule has 0 bridgehead atoms. The van der Waals surface area contributed by atoms with E-state index < -0.39 is 5.60 Å². The molecule has 0 spiro atoms. The first-order chi connectivity index (χ1) is 6.97. The van der Waals surface area contributed by atoms with Crippen molar-refractivity contribution >= 4 is 15.9 Å². The van der Waals surface area contributed by atoms with Crippen molar-refractivity contribution < 1.29 is 5.11 Å². The molecule has 0 amide bonds. The maximum absolute atomic E-state index is 9.48. The highest BCUT2D eigenvalue weighted by molar-refractivity contribution is 9.10. The van der Waals surface area contributed by atoms with Crippen molar-refractivity contribution in [3.05, 3.63) is 34.3 Å². The Morgan fingerprint density at radius 3 is 2.40 bits per heavy atom. The Morgan fingerprint density at radius 1 is 1.27 bits per heavy atom. The first-order valence-corrected chi connectivity index (χ1v) is 5.94. The van der Waals surface area contributed by atoms with Gasteiger partial charge in [-0.1, -0.05) is 28.1 Å². The van der Waals surface area contributed by atoms with Crippen molar-refractivity contribution in [2.75, 3.05) is 13.1 Å². The Bertz CT molecular complexity index is 289. The SMILES string of the molecule is CC(C)(O)CNCCc1ccc(Br)cc1. The van der Waals surface area contributed by atoms with E-state index in [1.165, 1.54) is 5.56 Å². The van der Waals surface area contributed by atoms with Crippen molar-refractivity contribution in [1.29, 1.82) is 0 Å². The summed E-state index contributed by atoms with van der Waals surface area (Å²) in [4.78, 5) is 0. The molecule has 0 heterocycles. The van der Waals surface area contributed by atoms with Crippen molar-refractivity contribution in [2.45, 2.75) is 25.9 Å². The second-order valence-electron chi connectivity index (χ2n) is 4.37. The second kappa shape index (κ2) is 5.64. The molecule has 0 aliphatic rings. The van der Waals surface area contributed by atoms with Gasteiger partial charge in [-0.3, -0.25) is 0 Å². The van der Waals surface area contributed by atoms with Crippen LogP contribution in [0.1, 0.15) is 19.4 Å². The zero-order valence-corrected chi connectivity index (χ0v) is 10.8. The van der Waals surface area contributed by atoms with E-state index in [4.69, 9.17) is 0 Å². The summed E-state index contributed by atoms with van der Waals surface area (Å²) in [6, 6.07) is 8.31. The summed E-state index contributed by atoms with van der Waals surface area (Å²) < 4.78 is 1.11. The van der Waals surface area contributed by atoms with Crippen LogP contribution in [0.2, 0.25) is 0 Å². The maximum Gasteiger partial charge on any atom is 0.0715 e. The van der Waals surface area contributed by atoms with Gasteiger partial charge in [0.1, 0.15) is 0 Å². The van der Waals surface area contributed by atoms with Crippen LogP contribution < -0.4 is 5.32 Å². The molecule has 3 heteroatoms. The molecule has 0 saturated heterocycles. The molecule has 84 valence electrons. The highest BCUT2D eigenvalue weighted by Crippen LogP contribution is 2.10. The summed E-state index contributed by atoms with van der Waals surface area (Å²) in [7, 11) is 0. The Labute approximate surface area is 99.8 Å². The van der Waals surface area contributed by atoms with E-state index in [1.807, 2.05) is 12.1 Å². The Morgan fingerprint density at radius 2 is 1.87 bits per heavy atom. The quantitative estimate of drug-likeness (QED) is 0.806. The molecule has 0 aliphatic carbocycles. The van der Waals surface area contributed by atoms with Crippen LogP contribution in [0.3, 0.4) is 0 Å². The monoisotopic (exact) mass is 271 g/mol. The first kappa shape index (κ1) is 12.7. The molecule has 15 heavy (non-hydrogen) atoms. The lowest BCUT2D eigenvalue weighted by Gasteiger charge is -2.17. The van der Waals surface area contributed by atoms with Gasteiger partial charge in [-0.2, -0.15) is 0 Å². The van der Waals surface area contributed by atoms with Crippen LogP contribution in [0.15, 0.2) is 28.7 Å². The second-order valence-corrected chi connectivity index (χ2v) is 5.28. The molecule has 2 N–H and O–H groups in total. The molecule has 1 aromatic carbocycles. The number of nitrogens with one attached hydrogen (secondary N) is 1.